The van der Waals surface area contributed by atoms with Crippen LogP contribution in [0.15, 0.2) is 56.6 Å². The van der Waals surface area contributed by atoms with Crippen molar-refractivity contribution in [3.63, 3.8) is 0 Å². The molecule has 12 heteroatoms. The fourth-order valence-corrected chi connectivity index (χ4v) is 6.85. The molecule has 0 spiro atoms. The van der Waals surface area contributed by atoms with Crippen molar-refractivity contribution < 1.29 is 48.1 Å². The van der Waals surface area contributed by atoms with Gasteiger partial charge in [-0.1, -0.05) is 6.08 Å². The van der Waals surface area contributed by atoms with Crippen LogP contribution in [0.2, 0.25) is 0 Å². The molecule has 1 saturated heterocycles. The lowest BCUT2D eigenvalue weighted by atomic mass is 9.68. The van der Waals surface area contributed by atoms with Gasteiger partial charge in [0.2, 0.25) is 17.5 Å². The number of carbonyl (C=O) groups is 6. The highest BCUT2D eigenvalue weighted by molar-refractivity contribution is 6.27. The summed E-state index contributed by atoms with van der Waals surface area (Å²) in [5.74, 6) is -3.97. The van der Waals surface area contributed by atoms with E-state index in [1.54, 1.807) is 27.0 Å². The minimum absolute atomic E-state index is 0.0194. The minimum atomic E-state index is -1.66. The SMILES string of the molecule is C/C=C(/C)C(=O)OC[C@H]1C2=C(C[C@@H]3[C@H]4C5=C(C(=O)C(C)=C(OC)C5=O)[C@@H](O)[C@H](C(=O)N31)N4C)C(=O)C(C)=C(OC)C2=O. The maximum absolute atomic E-state index is 14.2. The largest absolute Gasteiger partial charge is 0.492 e. The maximum Gasteiger partial charge on any atom is 0.333 e. The van der Waals surface area contributed by atoms with E-state index in [0.717, 1.165) is 0 Å². The third-order valence-electron chi connectivity index (χ3n) is 9.01. The van der Waals surface area contributed by atoms with Gasteiger partial charge >= 0.3 is 5.97 Å². The molecule has 12 nitrogen and oxygen atoms in total. The van der Waals surface area contributed by atoms with E-state index in [9.17, 15) is 33.9 Å². The Morgan fingerprint density at radius 1 is 0.905 bits per heavy atom. The molecule has 1 fully saturated rings. The number of allylic oxidation sites excluding steroid dienone is 5. The first-order valence-corrected chi connectivity index (χ1v) is 13.5. The molecule has 3 aliphatic heterocycles. The number of carbonyl (C=O) groups excluding carboxylic acids is 6. The van der Waals surface area contributed by atoms with Gasteiger partial charge < -0.3 is 24.2 Å². The van der Waals surface area contributed by atoms with Crippen molar-refractivity contribution in [2.24, 2.45) is 0 Å². The van der Waals surface area contributed by atoms with Gasteiger partial charge in [-0.2, -0.15) is 0 Å². The van der Waals surface area contributed by atoms with E-state index in [0.29, 0.717) is 5.57 Å². The van der Waals surface area contributed by atoms with Crippen molar-refractivity contribution in [1.29, 1.82) is 0 Å². The second kappa shape index (κ2) is 10.3. The molecule has 0 aromatic heterocycles. The molecule has 2 aliphatic carbocycles. The Morgan fingerprint density at radius 3 is 2.05 bits per heavy atom. The lowest BCUT2D eigenvalue weighted by molar-refractivity contribution is -0.164. The second-order valence-corrected chi connectivity index (χ2v) is 11.0. The number of rotatable bonds is 5. The van der Waals surface area contributed by atoms with Gasteiger partial charge in [-0.25, -0.2) is 4.79 Å². The normalized spacial score (nSPS) is 30.1. The minimum Gasteiger partial charge on any atom is -0.492 e. The molecule has 0 aromatic rings. The molecule has 5 atom stereocenters. The zero-order valence-corrected chi connectivity index (χ0v) is 24.4. The zero-order valence-electron chi connectivity index (χ0n) is 24.4. The highest BCUT2D eigenvalue weighted by Crippen LogP contribution is 2.47. The van der Waals surface area contributed by atoms with Crippen molar-refractivity contribution in [2.75, 3.05) is 27.9 Å². The van der Waals surface area contributed by atoms with Crippen molar-refractivity contribution in [3.8, 4) is 0 Å². The number of methoxy groups -OCH3 is 2. The molecule has 1 N–H and O–H groups in total. The summed E-state index contributed by atoms with van der Waals surface area (Å²) in [6.45, 7) is 5.61. The Kier molecular flexibility index (Phi) is 7.18. The highest BCUT2D eigenvalue weighted by Gasteiger charge is 2.62. The maximum atomic E-state index is 14.2. The molecule has 0 aromatic carbocycles. The molecule has 0 saturated carbocycles. The monoisotopic (exact) mass is 580 g/mol. The number of aliphatic hydroxyl groups is 1. The summed E-state index contributed by atoms with van der Waals surface area (Å²) in [4.78, 5) is 84.3. The topological polar surface area (TPSA) is 157 Å². The average molecular weight is 581 g/mol. The van der Waals surface area contributed by atoms with E-state index in [2.05, 4.69) is 0 Å². The van der Waals surface area contributed by atoms with E-state index < -0.39 is 71.9 Å². The number of esters is 1. The summed E-state index contributed by atoms with van der Waals surface area (Å²) in [5, 5.41) is 11.4. The summed E-state index contributed by atoms with van der Waals surface area (Å²) in [7, 11) is 4.08. The fourth-order valence-electron chi connectivity index (χ4n) is 6.85. The van der Waals surface area contributed by atoms with Gasteiger partial charge in [0, 0.05) is 39.0 Å². The van der Waals surface area contributed by atoms with Crippen LogP contribution in [0.3, 0.4) is 0 Å². The first-order chi connectivity index (χ1) is 19.8. The number of ketones is 4. The summed E-state index contributed by atoms with van der Waals surface area (Å²) < 4.78 is 16.1. The van der Waals surface area contributed by atoms with Crippen LogP contribution < -0.4 is 0 Å². The molecule has 0 radical (unpaired) electrons. The standard InChI is InChI=1S/C30H32N2O10/c1-8-11(2)30(39)42-10-16-17-14(22(33)12(3)27(40-6)25(17)36)9-15-20-18-19(23(34)13(4)28(41-7)26(18)37)24(35)21(31(20)5)29(38)32(15)16/h8,15-16,20-21,24,35H,9-10H2,1-7H3/b11-8-/t15-,16+,20+,21-,24-/m1/s1. The molecule has 0 unspecified atom stereocenters. The summed E-state index contributed by atoms with van der Waals surface area (Å²) >= 11 is 0. The van der Waals surface area contributed by atoms with Crippen molar-refractivity contribution in [2.45, 2.75) is 64.4 Å². The first kappa shape index (κ1) is 29.3. The van der Waals surface area contributed by atoms with E-state index >= 15 is 0 Å². The van der Waals surface area contributed by atoms with Crippen LogP contribution in [0.5, 0.6) is 0 Å². The van der Waals surface area contributed by atoms with Crippen molar-refractivity contribution in [3.05, 3.63) is 56.6 Å². The number of likely N-dealkylation sites (N-methyl/N-ethyl adjacent to an activating group) is 1. The molecule has 3 heterocycles. The Hall–Kier alpha value is -4.16. The van der Waals surface area contributed by atoms with Gasteiger partial charge in [0.1, 0.15) is 18.8 Å². The van der Waals surface area contributed by atoms with Crippen LogP contribution in [0.1, 0.15) is 34.1 Å². The molecule has 1 amide bonds. The third kappa shape index (κ3) is 3.81. The number of Topliss-reactive ketones (excluding diaryl/α,β-unsaturated/α-hetero) is 4. The molecular weight excluding hydrogens is 548 g/mol. The van der Waals surface area contributed by atoms with Gasteiger partial charge in [-0.05, 0) is 41.2 Å². The van der Waals surface area contributed by atoms with Crippen LogP contribution >= 0.6 is 0 Å². The molecule has 2 bridgehead atoms. The first-order valence-electron chi connectivity index (χ1n) is 13.5. The molecular formula is C30H32N2O10. The predicted octanol–water partition coefficient (Wildman–Crippen LogP) is 0.260. The summed E-state index contributed by atoms with van der Waals surface area (Å²) in [6.07, 6.45) is -0.242. The number of nitrogens with zero attached hydrogens (tertiary/aromatic N) is 2. The molecule has 42 heavy (non-hydrogen) atoms. The van der Waals surface area contributed by atoms with Gasteiger partial charge in [0.15, 0.2) is 23.1 Å². The summed E-state index contributed by atoms with van der Waals surface area (Å²) in [5.41, 5.74) is 0.281. The third-order valence-corrected chi connectivity index (χ3v) is 9.01. The molecule has 222 valence electrons. The number of fused-ring (bicyclic) bond motifs is 5. The fraction of sp³-hybridized carbons (Fsp3) is 0.467. The van der Waals surface area contributed by atoms with E-state index in [-0.39, 0.29) is 51.4 Å². The molecule has 5 rings (SSSR count). The average Bonchev–Trinajstić information content (AvgIpc) is 2.96. The van der Waals surface area contributed by atoms with Crippen molar-refractivity contribution >= 4 is 35.0 Å². The zero-order chi connectivity index (χ0) is 30.9. The number of aliphatic hydroxyl groups excluding tert-OH is 1. The highest BCUT2D eigenvalue weighted by atomic mass is 16.5. The number of hydrogen-bond acceptors (Lipinski definition) is 11. The Morgan fingerprint density at radius 2 is 1.48 bits per heavy atom. The molecule has 5 aliphatic rings. The summed E-state index contributed by atoms with van der Waals surface area (Å²) in [6, 6.07) is -4.38. The van der Waals surface area contributed by atoms with Gasteiger partial charge in [0.05, 0.1) is 32.3 Å². The van der Waals surface area contributed by atoms with E-state index in [1.807, 2.05) is 0 Å². The Balaban J connectivity index is 1.71. The Labute approximate surface area is 241 Å². The second-order valence-electron chi connectivity index (χ2n) is 11.0. The number of ether oxygens (including phenoxy) is 3. The van der Waals surface area contributed by atoms with Gasteiger partial charge in [-0.3, -0.25) is 28.9 Å². The van der Waals surface area contributed by atoms with E-state index in [1.165, 1.54) is 37.9 Å². The van der Waals surface area contributed by atoms with Crippen LogP contribution in [0.25, 0.3) is 0 Å². The lowest BCUT2D eigenvalue weighted by Crippen LogP contribution is -2.75. The number of amides is 1. The van der Waals surface area contributed by atoms with Crippen molar-refractivity contribution in [1.82, 2.24) is 9.80 Å². The van der Waals surface area contributed by atoms with Gasteiger partial charge in [0.25, 0.3) is 0 Å². The van der Waals surface area contributed by atoms with Crippen LogP contribution in [-0.2, 0) is 43.0 Å². The smallest absolute Gasteiger partial charge is 0.333 e. The van der Waals surface area contributed by atoms with E-state index in [4.69, 9.17) is 14.2 Å². The predicted molar refractivity (Wildman–Crippen MR) is 144 cm³/mol. The lowest BCUT2D eigenvalue weighted by Gasteiger charge is -2.58. The van der Waals surface area contributed by atoms with Crippen LogP contribution in [0, 0.1) is 0 Å². The number of hydrogen-bond donors (Lipinski definition) is 1. The quantitative estimate of drug-likeness (QED) is 0.270. The van der Waals surface area contributed by atoms with Crippen LogP contribution in [0.4, 0.5) is 0 Å². The van der Waals surface area contributed by atoms with Crippen LogP contribution in [-0.4, -0.2) is 108 Å². The van der Waals surface area contributed by atoms with Gasteiger partial charge in [-0.15, -0.1) is 0 Å². The number of piperazine rings is 1. The Bertz CT molecular complexity index is 1540.